The largest absolute Gasteiger partial charge is 0.493 e. The van der Waals surface area contributed by atoms with Gasteiger partial charge < -0.3 is 14.4 Å². The number of methoxy groups -OCH3 is 2. The fourth-order valence-corrected chi connectivity index (χ4v) is 4.56. The van der Waals surface area contributed by atoms with Crippen molar-refractivity contribution in [3.05, 3.63) is 63.7 Å². The third kappa shape index (κ3) is 4.43. The second-order valence-corrected chi connectivity index (χ2v) is 9.12. The molecule has 10 nitrogen and oxygen atoms in total. The molecule has 0 aromatic heterocycles. The fourth-order valence-electron chi connectivity index (χ4n) is 4.56. The number of non-ortho nitro benzene ring substituents is 1. The molecule has 2 aromatic carbocycles. The van der Waals surface area contributed by atoms with Crippen molar-refractivity contribution in [2.75, 3.05) is 27.3 Å². The van der Waals surface area contributed by atoms with E-state index in [2.05, 4.69) is 0 Å². The van der Waals surface area contributed by atoms with Crippen molar-refractivity contribution in [3.8, 4) is 11.5 Å². The Morgan fingerprint density at radius 1 is 1.09 bits per heavy atom. The van der Waals surface area contributed by atoms with Crippen LogP contribution in [0, 0.1) is 15.5 Å². The summed E-state index contributed by atoms with van der Waals surface area (Å²) in [6.07, 6.45) is 1.12. The van der Waals surface area contributed by atoms with Gasteiger partial charge in [-0.15, -0.1) is 0 Å². The third-order valence-corrected chi connectivity index (χ3v) is 6.60. The molecule has 2 aromatic rings. The zero-order chi connectivity index (χ0) is 25.3. The van der Waals surface area contributed by atoms with E-state index in [4.69, 9.17) is 14.6 Å². The number of hydrogen-bond acceptors (Lipinski definition) is 7. The minimum atomic E-state index is -0.824. The molecule has 35 heavy (non-hydrogen) atoms. The zero-order valence-electron chi connectivity index (χ0n) is 20.2. The Hall–Kier alpha value is -3.95. The molecule has 0 saturated carbocycles. The number of ether oxygens (including phenoxy) is 2. The van der Waals surface area contributed by atoms with Crippen LogP contribution in [0.15, 0.2) is 47.6 Å². The van der Waals surface area contributed by atoms with E-state index in [-0.39, 0.29) is 29.1 Å². The first-order valence-electron chi connectivity index (χ1n) is 11.4. The summed E-state index contributed by atoms with van der Waals surface area (Å²) in [6.45, 7) is 4.56. The molecule has 4 rings (SSSR count). The molecule has 2 heterocycles. The lowest BCUT2D eigenvalue weighted by atomic mass is 9.83. The maximum Gasteiger partial charge on any atom is 0.270 e. The van der Waals surface area contributed by atoms with Gasteiger partial charge in [0.2, 0.25) is 0 Å². The highest BCUT2D eigenvalue weighted by Crippen LogP contribution is 2.37. The van der Waals surface area contributed by atoms with E-state index in [1.165, 1.54) is 18.2 Å². The molecule has 2 aliphatic heterocycles. The molecule has 1 saturated heterocycles. The fraction of sp³-hybridized carbons (Fsp3) is 0.400. The van der Waals surface area contributed by atoms with E-state index in [1.54, 1.807) is 36.3 Å². The average Bonchev–Trinajstić information content (AvgIpc) is 3.11. The van der Waals surface area contributed by atoms with E-state index < -0.39 is 10.3 Å². The molecule has 0 spiro atoms. The summed E-state index contributed by atoms with van der Waals surface area (Å²) in [7, 11) is 3.12. The normalized spacial score (nSPS) is 17.8. The van der Waals surface area contributed by atoms with Crippen LogP contribution in [0.4, 0.5) is 5.69 Å². The Balaban J connectivity index is 1.50. The highest BCUT2D eigenvalue weighted by Gasteiger charge is 2.47. The van der Waals surface area contributed by atoms with Gasteiger partial charge in [0.05, 0.1) is 36.3 Å². The van der Waals surface area contributed by atoms with E-state index in [1.807, 2.05) is 26.0 Å². The second-order valence-electron chi connectivity index (χ2n) is 9.12. The molecule has 10 heteroatoms. The van der Waals surface area contributed by atoms with E-state index in [0.717, 1.165) is 5.56 Å². The number of amides is 2. The number of carbonyl (C=O) groups is 2. The van der Waals surface area contributed by atoms with Gasteiger partial charge in [-0.25, -0.2) is 5.01 Å². The number of piperidine rings is 1. The third-order valence-electron chi connectivity index (χ3n) is 6.60. The van der Waals surface area contributed by atoms with Crippen LogP contribution in [0.3, 0.4) is 0 Å². The summed E-state index contributed by atoms with van der Waals surface area (Å²) in [5.41, 5.74) is 0.771. The number of rotatable bonds is 6. The molecular formula is C25H28N4O6. The van der Waals surface area contributed by atoms with Gasteiger partial charge in [0, 0.05) is 36.3 Å². The Labute approximate surface area is 203 Å². The molecule has 0 atom stereocenters. The van der Waals surface area contributed by atoms with Crippen LogP contribution < -0.4 is 9.47 Å². The van der Waals surface area contributed by atoms with Crippen molar-refractivity contribution in [2.24, 2.45) is 10.5 Å². The lowest BCUT2D eigenvalue weighted by molar-refractivity contribution is -0.384. The molecule has 0 aliphatic carbocycles. The first-order chi connectivity index (χ1) is 16.7. The number of nitrogens with zero attached hydrogens (tertiary/aromatic N) is 4. The topological polar surface area (TPSA) is 115 Å². The predicted molar refractivity (Wildman–Crippen MR) is 129 cm³/mol. The van der Waals surface area contributed by atoms with Gasteiger partial charge in [-0.1, -0.05) is 6.07 Å². The van der Waals surface area contributed by atoms with Crippen molar-refractivity contribution >= 4 is 23.2 Å². The van der Waals surface area contributed by atoms with Crippen molar-refractivity contribution in [3.63, 3.8) is 0 Å². The number of likely N-dealkylation sites (tertiary alicyclic amines) is 1. The minimum Gasteiger partial charge on any atom is -0.493 e. The standard InChI is InChI=1S/C25H28N4O6/c1-25(2)22(16-8-9-20(34-3)21(15-16)35-4)26-28(24(25)31)18-10-12-27(13-11-18)23(30)17-6-5-7-19(14-17)29(32)33/h5-9,14-15,18H,10-13H2,1-4H3. The summed E-state index contributed by atoms with van der Waals surface area (Å²) in [5, 5.41) is 17.3. The van der Waals surface area contributed by atoms with Crippen molar-refractivity contribution in [2.45, 2.75) is 32.7 Å². The monoisotopic (exact) mass is 480 g/mol. The Morgan fingerprint density at radius 3 is 2.40 bits per heavy atom. The van der Waals surface area contributed by atoms with Crippen LogP contribution in [0.2, 0.25) is 0 Å². The van der Waals surface area contributed by atoms with Crippen molar-refractivity contribution in [1.29, 1.82) is 0 Å². The van der Waals surface area contributed by atoms with Crippen molar-refractivity contribution < 1.29 is 24.0 Å². The maximum atomic E-state index is 13.3. The van der Waals surface area contributed by atoms with Gasteiger partial charge in [-0.05, 0) is 51.0 Å². The summed E-state index contributed by atoms with van der Waals surface area (Å²) in [5.74, 6) is 0.805. The van der Waals surface area contributed by atoms with Gasteiger partial charge in [0.25, 0.3) is 17.5 Å². The average molecular weight is 481 g/mol. The highest BCUT2D eigenvalue weighted by atomic mass is 16.6. The summed E-state index contributed by atoms with van der Waals surface area (Å²) in [4.78, 5) is 38.4. The lowest BCUT2D eigenvalue weighted by Crippen LogP contribution is -2.47. The van der Waals surface area contributed by atoms with Gasteiger partial charge in [0.1, 0.15) is 0 Å². The van der Waals surface area contributed by atoms with Gasteiger partial charge >= 0.3 is 0 Å². The summed E-state index contributed by atoms with van der Waals surface area (Å²) in [6, 6.07) is 11.1. The Morgan fingerprint density at radius 2 is 1.77 bits per heavy atom. The number of hydrazone groups is 1. The first-order valence-corrected chi connectivity index (χ1v) is 11.4. The van der Waals surface area contributed by atoms with Gasteiger partial charge in [-0.3, -0.25) is 19.7 Å². The van der Waals surface area contributed by atoms with Crippen molar-refractivity contribution in [1.82, 2.24) is 9.91 Å². The van der Waals surface area contributed by atoms with Gasteiger partial charge in [0.15, 0.2) is 11.5 Å². The van der Waals surface area contributed by atoms with Crippen LogP contribution in [0.5, 0.6) is 11.5 Å². The number of benzene rings is 2. The van der Waals surface area contributed by atoms with Crippen LogP contribution in [-0.4, -0.2) is 65.7 Å². The number of carbonyl (C=O) groups excluding carboxylic acids is 2. The van der Waals surface area contributed by atoms with E-state index in [0.29, 0.717) is 43.1 Å². The molecule has 184 valence electrons. The van der Waals surface area contributed by atoms with Crippen LogP contribution in [0.1, 0.15) is 42.6 Å². The molecule has 1 fully saturated rings. The van der Waals surface area contributed by atoms with Crippen LogP contribution in [-0.2, 0) is 4.79 Å². The SMILES string of the molecule is COc1ccc(C2=NN(C3CCN(C(=O)c4cccc([N+](=O)[O-])c4)CC3)C(=O)C2(C)C)cc1OC. The molecule has 2 aliphatic rings. The molecule has 2 amide bonds. The molecular weight excluding hydrogens is 452 g/mol. The second kappa shape index (κ2) is 9.36. The number of nitro benzene ring substituents is 1. The van der Waals surface area contributed by atoms with Crippen LogP contribution in [0.25, 0.3) is 0 Å². The maximum absolute atomic E-state index is 13.3. The summed E-state index contributed by atoms with van der Waals surface area (Å²) >= 11 is 0. The molecule has 0 N–H and O–H groups in total. The van der Waals surface area contributed by atoms with E-state index in [9.17, 15) is 19.7 Å². The van der Waals surface area contributed by atoms with E-state index >= 15 is 0 Å². The molecule has 0 radical (unpaired) electrons. The Kier molecular flexibility index (Phi) is 6.47. The quantitative estimate of drug-likeness (QED) is 0.462. The van der Waals surface area contributed by atoms with Gasteiger partial charge in [-0.2, -0.15) is 5.10 Å². The molecule has 0 bridgehead atoms. The Bertz CT molecular complexity index is 1200. The summed E-state index contributed by atoms with van der Waals surface area (Å²) < 4.78 is 10.7. The molecule has 0 unspecified atom stereocenters. The van der Waals surface area contributed by atoms with Crippen LogP contribution >= 0.6 is 0 Å². The number of hydrogen-bond donors (Lipinski definition) is 0. The highest BCUT2D eigenvalue weighted by molar-refractivity contribution is 6.19. The smallest absolute Gasteiger partial charge is 0.270 e. The zero-order valence-corrected chi connectivity index (χ0v) is 20.2. The lowest BCUT2D eigenvalue weighted by Gasteiger charge is -2.35. The number of nitro groups is 1. The first kappa shape index (κ1) is 24.2. The minimum absolute atomic E-state index is 0.0919. The predicted octanol–water partition coefficient (Wildman–Crippen LogP) is 3.49.